The predicted molar refractivity (Wildman–Crippen MR) is 82.1 cm³/mol. The van der Waals surface area contributed by atoms with Crippen LogP contribution in [-0.4, -0.2) is 45.7 Å². The normalized spacial score (nSPS) is 19.8. The molecule has 1 atom stereocenters. The van der Waals surface area contributed by atoms with Crippen molar-refractivity contribution in [2.75, 3.05) is 25.0 Å². The van der Waals surface area contributed by atoms with E-state index in [9.17, 15) is 5.11 Å². The molecule has 1 saturated heterocycles. The van der Waals surface area contributed by atoms with E-state index >= 15 is 0 Å². The second-order valence-corrected chi connectivity index (χ2v) is 6.00. The number of likely N-dealkylation sites (tertiary alicyclic amines) is 1. The topological polar surface area (TPSA) is 61.3 Å². The number of anilines is 1. The summed E-state index contributed by atoms with van der Waals surface area (Å²) in [5.41, 5.74) is 0. The molecule has 108 valence electrons. The first-order chi connectivity index (χ1) is 9.81. The van der Waals surface area contributed by atoms with Crippen LogP contribution in [0, 0.1) is 0 Å². The van der Waals surface area contributed by atoms with E-state index in [2.05, 4.69) is 38.6 Å². The van der Waals surface area contributed by atoms with Crippen molar-refractivity contribution in [2.24, 2.45) is 0 Å². The monoisotopic (exact) mass is 292 g/mol. The van der Waals surface area contributed by atoms with E-state index in [1.807, 2.05) is 0 Å². The molecule has 0 spiro atoms. The van der Waals surface area contributed by atoms with Crippen LogP contribution in [0.5, 0.6) is 0 Å². The van der Waals surface area contributed by atoms with Crippen LogP contribution in [-0.2, 0) is 6.54 Å². The van der Waals surface area contributed by atoms with Crippen LogP contribution in [0.1, 0.15) is 25.6 Å². The first-order valence-electron chi connectivity index (χ1n) is 7.14. The fraction of sp³-hybridized carbons (Fsp3) is 0.571. The van der Waals surface area contributed by atoms with Crippen LogP contribution in [0.4, 0.5) is 5.82 Å². The molecule has 2 N–H and O–H groups in total. The Kier molecular flexibility index (Phi) is 4.14. The van der Waals surface area contributed by atoms with Crippen LogP contribution in [0.3, 0.4) is 0 Å². The number of nitrogens with zero attached hydrogens (tertiary/aromatic N) is 3. The Morgan fingerprint density at radius 3 is 3.20 bits per heavy atom. The number of hydrogen-bond acceptors (Lipinski definition) is 6. The summed E-state index contributed by atoms with van der Waals surface area (Å²) < 4.78 is 0. The Morgan fingerprint density at radius 1 is 1.50 bits per heavy atom. The highest BCUT2D eigenvalue weighted by molar-refractivity contribution is 7.16. The van der Waals surface area contributed by atoms with Gasteiger partial charge in [-0.2, -0.15) is 0 Å². The summed E-state index contributed by atoms with van der Waals surface area (Å²) in [6.07, 6.45) is 2.21. The van der Waals surface area contributed by atoms with E-state index in [0.29, 0.717) is 0 Å². The molecule has 0 aromatic carbocycles. The van der Waals surface area contributed by atoms with Gasteiger partial charge in [0.05, 0.1) is 18.5 Å². The molecule has 0 amide bonds. The zero-order valence-corrected chi connectivity index (χ0v) is 12.5. The molecule has 1 aliphatic rings. The van der Waals surface area contributed by atoms with E-state index in [1.165, 1.54) is 0 Å². The lowest BCUT2D eigenvalue weighted by molar-refractivity contribution is 0.151. The molecule has 20 heavy (non-hydrogen) atoms. The molecule has 3 rings (SSSR count). The molecule has 5 nitrogen and oxygen atoms in total. The molecule has 1 aliphatic heterocycles. The Balaban J connectivity index is 1.87. The lowest BCUT2D eigenvalue weighted by Crippen LogP contribution is -2.32. The summed E-state index contributed by atoms with van der Waals surface area (Å²) in [6.45, 7) is 4.89. The highest BCUT2D eigenvalue weighted by Crippen LogP contribution is 2.26. The number of aliphatic hydroxyl groups is 1. The van der Waals surface area contributed by atoms with Crippen LogP contribution in [0.25, 0.3) is 10.2 Å². The maximum absolute atomic E-state index is 9.40. The van der Waals surface area contributed by atoms with Gasteiger partial charge in [-0.25, -0.2) is 9.97 Å². The molecule has 2 aromatic heterocycles. The molecule has 0 radical (unpaired) electrons. The van der Waals surface area contributed by atoms with Gasteiger partial charge in [0.1, 0.15) is 16.5 Å². The van der Waals surface area contributed by atoms with Gasteiger partial charge in [-0.1, -0.05) is 0 Å². The van der Waals surface area contributed by atoms with Gasteiger partial charge in [0, 0.05) is 12.6 Å². The van der Waals surface area contributed by atoms with Crippen LogP contribution in [0.15, 0.2) is 11.4 Å². The lowest BCUT2D eigenvalue weighted by Gasteiger charge is -2.21. The highest BCUT2D eigenvalue weighted by Gasteiger charge is 2.24. The number of fused-ring (bicyclic) bond motifs is 1. The summed E-state index contributed by atoms with van der Waals surface area (Å²) in [5, 5.41) is 15.9. The van der Waals surface area contributed by atoms with Gasteiger partial charge in [-0.15, -0.1) is 11.3 Å². The van der Waals surface area contributed by atoms with Crippen molar-refractivity contribution in [3.05, 3.63) is 17.3 Å². The van der Waals surface area contributed by atoms with Crippen LogP contribution in [0.2, 0.25) is 0 Å². The summed E-state index contributed by atoms with van der Waals surface area (Å²) >= 11 is 1.65. The summed E-state index contributed by atoms with van der Waals surface area (Å²) in [4.78, 5) is 12.6. The van der Waals surface area contributed by atoms with Crippen molar-refractivity contribution in [1.82, 2.24) is 14.9 Å². The molecule has 0 saturated carbocycles. The third-order valence-corrected chi connectivity index (χ3v) is 4.58. The minimum atomic E-state index is 0.224. The first-order valence-corrected chi connectivity index (χ1v) is 8.02. The third-order valence-electron chi connectivity index (χ3n) is 3.77. The zero-order valence-electron chi connectivity index (χ0n) is 11.7. The molecule has 3 heterocycles. The van der Waals surface area contributed by atoms with E-state index in [0.717, 1.165) is 54.3 Å². The fourth-order valence-corrected chi connectivity index (χ4v) is 3.55. The second-order valence-electron chi connectivity index (χ2n) is 5.11. The van der Waals surface area contributed by atoms with Crippen LogP contribution < -0.4 is 5.32 Å². The largest absolute Gasteiger partial charge is 0.395 e. The molecule has 0 aliphatic carbocycles. The van der Waals surface area contributed by atoms with Crippen molar-refractivity contribution in [3.8, 4) is 0 Å². The standard InChI is InChI=1S/C14H20N4OS/c1-2-15-13-11-5-7-20-14(11)17-12(16-13)8-18-6-3-4-10(18)9-19/h5,7,10,19H,2-4,6,8-9H2,1H3,(H,15,16,17). The van der Waals surface area contributed by atoms with Gasteiger partial charge in [-0.05, 0) is 37.8 Å². The minimum absolute atomic E-state index is 0.224. The quantitative estimate of drug-likeness (QED) is 0.883. The van der Waals surface area contributed by atoms with Gasteiger partial charge in [0.25, 0.3) is 0 Å². The molecular formula is C14H20N4OS. The number of rotatable bonds is 5. The van der Waals surface area contributed by atoms with Crippen molar-refractivity contribution >= 4 is 27.4 Å². The highest BCUT2D eigenvalue weighted by atomic mass is 32.1. The van der Waals surface area contributed by atoms with Crippen molar-refractivity contribution in [1.29, 1.82) is 0 Å². The van der Waals surface area contributed by atoms with Gasteiger partial charge in [0.2, 0.25) is 0 Å². The summed E-state index contributed by atoms with van der Waals surface area (Å²) in [5.74, 6) is 1.77. The van der Waals surface area contributed by atoms with Gasteiger partial charge >= 0.3 is 0 Å². The van der Waals surface area contributed by atoms with E-state index in [-0.39, 0.29) is 12.6 Å². The maximum Gasteiger partial charge on any atom is 0.146 e. The molecular weight excluding hydrogens is 272 g/mol. The average Bonchev–Trinajstić information content (AvgIpc) is 3.07. The van der Waals surface area contributed by atoms with E-state index < -0.39 is 0 Å². The number of aliphatic hydroxyl groups excluding tert-OH is 1. The minimum Gasteiger partial charge on any atom is -0.395 e. The van der Waals surface area contributed by atoms with Crippen LogP contribution >= 0.6 is 11.3 Å². The summed E-state index contributed by atoms with van der Waals surface area (Å²) in [6, 6.07) is 2.33. The Hall–Kier alpha value is -1.24. The van der Waals surface area contributed by atoms with Crippen molar-refractivity contribution < 1.29 is 5.11 Å². The zero-order chi connectivity index (χ0) is 13.9. The Bertz CT molecular complexity index is 586. The van der Waals surface area contributed by atoms with Crippen molar-refractivity contribution in [2.45, 2.75) is 32.4 Å². The van der Waals surface area contributed by atoms with E-state index in [4.69, 9.17) is 0 Å². The fourth-order valence-electron chi connectivity index (χ4n) is 2.76. The molecule has 0 bridgehead atoms. The first kappa shape index (κ1) is 13.7. The third kappa shape index (κ3) is 2.63. The predicted octanol–water partition coefficient (Wildman–Crippen LogP) is 2.08. The average molecular weight is 292 g/mol. The lowest BCUT2D eigenvalue weighted by atomic mass is 10.2. The Morgan fingerprint density at radius 2 is 2.40 bits per heavy atom. The Labute approximate surface area is 122 Å². The van der Waals surface area contributed by atoms with Gasteiger partial charge in [-0.3, -0.25) is 4.90 Å². The molecule has 2 aromatic rings. The molecule has 6 heteroatoms. The van der Waals surface area contributed by atoms with Gasteiger partial charge < -0.3 is 10.4 Å². The number of aromatic nitrogens is 2. The summed E-state index contributed by atoms with van der Waals surface area (Å²) in [7, 11) is 0. The van der Waals surface area contributed by atoms with Gasteiger partial charge in [0.15, 0.2) is 0 Å². The van der Waals surface area contributed by atoms with E-state index in [1.54, 1.807) is 11.3 Å². The number of thiophene rings is 1. The second kappa shape index (κ2) is 6.03. The van der Waals surface area contributed by atoms with Crippen molar-refractivity contribution in [3.63, 3.8) is 0 Å². The molecule has 1 fully saturated rings. The maximum atomic E-state index is 9.40. The SMILES string of the molecule is CCNc1nc(CN2CCCC2CO)nc2sccc12. The number of nitrogens with one attached hydrogen (secondary N) is 1. The molecule has 1 unspecified atom stereocenters. The smallest absolute Gasteiger partial charge is 0.146 e. The number of hydrogen-bond donors (Lipinski definition) is 2.